The van der Waals surface area contributed by atoms with Crippen molar-refractivity contribution in [1.29, 1.82) is 5.26 Å². The Bertz CT molecular complexity index is 1440. The van der Waals surface area contributed by atoms with Crippen LogP contribution in [-0.2, 0) is 6.42 Å². The standard InChI is InChI=1S/C28H32N8O/c1-34-14-5-9-23(34)19-37-28-32-27(35-15-13-30-22(18-35)11-12-29)26-31-17-24(36(26)33-28)16-21-8-4-7-20-6-2-3-10-25(20)21/h2-4,6-8,10,17,22-23,30H,5,9,11,13-16,18-19H2,1H3/t22-,23-/m0/s1. The quantitative estimate of drug-likeness (QED) is 0.417. The van der Waals surface area contributed by atoms with E-state index in [0.29, 0.717) is 38.0 Å². The van der Waals surface area contributed by atoms with Crippen LogP contribution in [0.2, 0.25) is 0 Å². The summed E-state index contributed by atoms with van der Waals surface area (Å²) >= 11 is 0. The highest BCUT2D eigenvalue weighted by Crippen LogP contribution is 2.26. The number of fused-ring (bicyclic) bond motifs is 2. The van der Waals surface area contributed by atoms with Crippen LogP contribution in [-0.4, -0.2) is 76.4 Å². The zero-order valence-electron chi connectivity index (χ0n) is 21.2. The first-order valence-corrected chi connectivity index (χ1v) is 13.1. The van der Waals surface area contributed by atoms with Gasteiger partial charge in [-0.05, 0) is 42.8 Å². The summed E-state index contributed by atoms with van der Waals surface area (Å²) < 4.78 is 8.11. The predicted octanol–water partition coefficient (Wildman–Crippen LogP) is 3.03. The molecule has 190 valence electrons. The summed E-state index contributed by atoms with van der Waals surface area (Å²) in [5.74, 6) is 0.762. The van der Waals surface area contributed by atoms with Crippen LogP contribution in [0.4, 0.5) is 5.82 Å². The lowest BCUT2D eigenvalue weighted by molar-refractivity contribution is 0.185. The van der Waals surface area contributed by atoms with E-state index in [1.54, 1.807) is 0 Å². The number of ether oxygens (including phenoxy) is 1. The molecule has 0 spiro atoms. The summed E-state index contributed by atoms with van der Waals surface area (Å²) in [5, 5.41) is 19.9. The average Bonchev–Trinajstić information content (AvgIpc) is 3.53. The first-order chi connectivity index (χ1) is 18.2. The Balaban J connectivity index is 1.37. The van der Waals surface area contributed by atoms with Crippen LogP contribution in [0.3, 0.4) is 0 Å². The van der Waals surface area contributed by atoms with Crippen molar-refractivity contribution in [3.8, 4) is 12.1 Å². The van der Waals surface area contributed by atoms with E-state index in [9.17, 15) is 5.26 Å². The summed E-state index contributed by atoms with van der Waals surface area (Å²) in [6.07, 6.45) is 5.36. The highest BCUT2D eigenvalue weighted by molar-refractivity contribution is 5.86. The Morgan fingerprint density at radius 1 is 1.16 bits per heavy atom. The molecular weight excluding hydrogens is 464 g/mol. The van der Waals surface area contributed by atoms with Crippen LogP contribution in [0.15, 0.2) is 48.7 Å². The maximum absolute atomic E-state index is 9.23. The van der Waals surface area contributed by atoms with Gasteiger partial charge in [-0.3, -0.25) is 0 Å². The molecular formula is C28H32N8O. The first kappa shape index (κ1) is 23.6. The number of anilines is 1. The van der Waals surface area contributed by atoms with Gasteiger partial charge in [0.05, 0.1) is 24.4 Å². The van der Waals surface area contributed by atoms with E-state index in [4.69, 9.17) is 19.8 Å². The fraction of sp³-hybridized carbons (Fsp3) is 0.429. The molecule has 4 heterocycles. The number of nitrogens with zero attached hydrogens (tertiary/aromatic N) is 7. The number of hydrogen-bond donors (Lipinski definition) is 1. The van der Waals surface area contributed by atoms with Gasteiger partial charge >= 0.3 is 6.01 Å². The Morgan fingerprint density at radius 2 is 2.05 bits per heavy atom. The topological polar surface area (TPSA) is 94.6 Å². The third-order valence-electron chi connectivity index (χ3n) is 7.62. The number of piperazine rings is 1. The molecule has 4 aromatic rings. The molecule has 9 heteroatoms. The zero-order chi connectivity index (χ0) is 25.2. The molecule has 6 rings (SSSR count). The second kappa shape index (κ2) is 10.3. The van der Waals surface area contributed by atoms with Crippen molar-refractivity contribution in [1.82, 2.24) is 29.8 Å². The molecule has 0 radical (unpaired) electrons. The highest BCUT2D eigenvalue weighted by atomic mass is 16.5. The molecule has 2 atom stereocenters. The number of likely N-dealkylation sites (tertiary alicyclic amines) is 1. The van der Waals surface area contributed by atoms with Gasteiger partial charge in [-0.25, -0.2) is 9.50 Å². The van der Waals surface area contributed by atoms with Gasteiger partial charge in [-0.2, -0.15) is 10.2 Å². The van der Waals surface area contributed by atoms with E-state index in [-0.39, 0.29) is 6.04 Å². The Morgan fingerprint density at radius 3 is 2.92 bits per heavy atom. The van der Waals surface area contributed by atoms with Crippen molar-refractivity contribution in [2.24, 2.45) is 0 Å². The average molecular weight is 497 g/mol. The van der Waals surface area contributed by atoms with Crippen molar-refractivity contribution < 1.29 is 4.74 Å². The molecule has 2 fully saturated rings. The highest BCUT2D eigenvalue weighted by Gasteiger charge is 2.26. The SMILES string of the molecule is CN1CCC[C@H]1COc1nc(N2CCN[C@@H](CC#N)C2)c2ncc(Cc3cccc4ccccc34)n2n1. The molecule has 0 aliphatic carbocycles. The Hall–Kier alpha value is -3.74. The Labute approximate surface area is 216 Å². The molecule has 2 aromatic carbocycles. The summed E-state index contributed by atoms with van der Waals surface area (Å²) in [6.45, 7) is 3.92. The van der Waals surface area contributed by atoms with Gasteiger partial charge in [0.25, 0.3) is 0 Å². The fourth-order valence-corrected chi connectivity index (χ4v) is 5.55. The molecule has 0 unspecified atom stereocenters. The molecule has 0 amide bonds. The zero-order valence-corrected chi connectivity index (χ0v) is 21.2. The molecule has 2 aliphatic heterocycles. The number of imidazole rings is 1. The Kier molecular flexibility index (Phi) is 6.60. The third-order valence-corrected chi connectivity index (χ3v) is 7.62. The van der Waals surface area contributed by atoms with Crippen LogP contribution in [0.25, 0.3) is 16.4 Å². The van der Waals surface area contributed by atoms with Crippen molar-refractivity contribution in [3.05, 3.63) is 59.9 Å². The summed E-state index contributed by atoms with van der Waals surface area (Å²) in [5.41, 5.74) is 2.94. The number of hydrogen-bond acceptors (Lipinski definition) is 8. The monoisotopic (exact) mass is 496 g/mol. The van der Waals surface area contributed by atoms with Crippen LogP contribution in [0.1, 0.15) is 30.5 Å². The van der Waals surface area contributed by atoms with Crippen molar-refractivity contribution in [3.63, 3.8) is 0 Å². The predicted molar refractivity (Wildman–Crippen MR) is 143 cm³/mol. The second-order valence-corrected chi connectivity index (χ2v) is 10.1. The summed E-state index contributed by atoms with van der Waals surface area (Å²) in [4.78, 5) is 14.2. The minimum Gasteiger partial charge on any atom is -0.461 e. The van der Waals surface area contributed by atoms with Gasteiger partial charge in [0.15, 0.2) is 11.5 Å². The van der Waals surface area contributed by atoms with Gasteiger partial charge in [-0.1, -0.05) is 42.5 Å². The maximum atomic E-state index is 9.23. The number of nitriles is 1. The lowest BCUT2D eigenvalue weighted by atomic mass is 10.0. The van der Waals surface area contributed by atoms with Crippen molar-refractivity contribution in [2.45, 2.75) is 37.8 Å². The second-order valence-electron chi connectivity index (χ2n) is 10.1. The number of nitrogens with one attached hydrogen (secondary N) is 1. The van der Waals surface area contributed by atoms with Crippen molar-refractivity contribution >= 4 is 22.2 Å². The van der Waals surface area contributed by atoms with Crippen LogP contribution < -0.4 is 15.0 Å². The molecule has 37 heavy (non-hydrogen) atoms. The molecule has 2 aliphatic rings. The normalized spacial score (nSPS) is 20.5. The first-order valence-electron chi connectivity index (χ1n) is 13.1. The van der Waals surface area contributed by atoms with Gasteiger partial charge in [0, 0.05) is 38.1 Å². The number of likely N-dealkylation sites (N-methyl/N-ethyl adjacent to an activating group) is 1. The van der Waals surface area contributed by atoms with Gasteiger partial charge in [0.1, 0.15) is 6.61 Å². The third kappa shape index (κ3) is 4.82. The minimum absolute atomic E-state index is 0.0930. The van der Waals surface area contributed by atoms with Gasteiger partial charge in [-0.15, -0.1) is 5.10 Å². The van der Waals surface area contributed by atoms with Gasteiger partial charge in [0.2, 0.25) is 0 Å². The minimum atomic E-state index is 0.0930. The lowest BCUT2D eigenvalue weighted by Crippen LogP contribution is -2.51. The van der Waals surface area contributed by atoms with E-state index in [1.165, 1.54) is 22.8 Å². The molecule has 1 N–H and O–H groups in total. The van der Waals surface area contributed by atoms with E-state index in [0.717, 1.165) is 43.2 Å². The van der Waals surface area contributed by atoms with E-state index < -0.39 is 0 Å². The smallest absolute Gasteiger partial charge is 0.336 e. The lowest BCUT2D eigenvalue weighted by Gasteiger charge is -2.33. The molecule has 0 bridgehead atoms. The summed E-state index contributed by atoms with van der Waals surface area (Å²) in [6, 6.07) is 18.0. The number of rotatable bonds is 7. The number of aromatic nitrogens is 4. The fourth-order valence-electron chi connectivity index (χ4n) is 5.55. The van der Waals surface area contributed by atoms with Crippen LogP contribution in [0.5, 0.6) is 6.01 Å². The van der Waals surface area contributed by atoms with E-state index in [1.807, 2.05) is 10.7 Å². The molecule has 2 saturated heterocycles. The van der Waals surface area contributed by atoms with Crippen LogP contribution >= 0.6 is 0 Å². The van der Waals surface area contributed by atoms with E-state index >= 15 is 0 Å². The van der Waals surface area contributed by atoms with Crippen LogP contribution in [0, 0.1) is 11.3 Å². The van der Waals surface area contributed by atoms with Crippen molar-refractivity contribution in [2.75, 3.05) is 44.7 Å². The molecule has 9 nitrogen and oxygen atoms in total. The van der Waals surface area contributed by atoms with E-state index in [2.05, 4.69) is 70.7 Å². The molecule has 2 aromatic heterocycles. The number of benzene rings is 2. The largest absolute Gasteiger partial charge is 0.461 e. The summed E-state index contributed by atoms with van der Waals surface area (Å²) in [7, 11) is 2.14. The maximum Gasteiger partial charge on any atom is 0.336 e. The van der Waals surface area contributed by atoms with Gasteiger partial charge < -0.3 is 19.9 Å². The molecule has 0 saturated carbocycles.